The number of anilines is 1. The predicted octanol–water partition coefficient (Wildman–Crippen LogP) is 2.43. The van der Waals surface area contributed by atoms with E-state index < -0.39 is 12.0 Å². The number of hydrogen-bond donors (Lipinski definition) is 3. The Balaban J connectivity index is 1.98. The number of methoxy groups -OCH3 is 1. The summed E-state index contributed by atoms with van der Waals surface area (Å²) in [7, 11) is 1.31. The molecule has 0 aliphatic heterocycles. The summed E-state index contributed by atoms with van der Waals surface area (Å²) in [5.74, 6) is -1.07. The van der Waals surface area contributed by atoms with Crippen molar-refractivity contribution in [2.75, 3.05) is 12.4 Å². The van der Waals surface area contributed by atoms with E-state index in [9.17, 15) is 14.4 Å². The minimum Gasteiger partial charge on any atom is -0.465 e. The Kier molecular flexibility index (Phi) is 8.77. The van der Waals surface area contributed by atoms with E-state index in [0.717, 1.165) is 12.0 Å². The number of amides is 2. The van der Waals surface area contributed by atoms with Gasteiger partial charge in [-0.2, -0.15) is 0 Å². The lowest BCUT2D eigenvalue weighted by Crippen LogP contribution is -2.43. The summed E-state index contributed by atoms with van der Waals surface area (Å²) in [4.78, 5) is 35.7. The number of esters is 1. The van der Waals surface area contributed by atoms with Crippen LogP contribution in [0.15, 0.2) is 66.7 Å². The zero-order valence-corrected chi connectivity index (χ0v) is 17.1. The van der Waals surface area contributed by atoms with Crippen molar-refractivity contribution < 1.29 is 19.1 Å². The van der Waals surface area contributed by atoms with E-state index in [1.165, 1.54) is 13.2 Å². The van der Waals surface area contributed by atoms with Gasteiger partial charge in [0.2, 0.25) is 11.8 Å². The second-order valence-corrected chi connectivity index (χ2v) is 6.85. The number of hydrogen-bond acceptors (Lipinski definition) is 5. The lowest BCUT2D eigenvalue weighted by atomic mass is 10.0. The maximum absolute atomic E-state index is 12.3. The molecule has 2 amide bonds. The average molecular weight is 409 g/mol. The van der Waals surface area contributed by atoms with Crippen LogP contribution in [0.25, 0.3) is 0 Å². The van der Waals surface area contributed by atoms with E-state index in [1.54, 1.807) is 37.3 Å². The van der Waals surface area contributed by atoms with E-state index >= 15 is 0 Å². The summed E-state index contributed by atoms with van der Waals surface area (Å²) in [6, 6.07) is 15.3. The monoisotopic (exact) mass is 409 g/mol. The smallest absolute Gasteiger partial charge is 0.337 e. The highest BCUT2D eigenvalue weighted by Gasteiger charge is 2.13. The molecule has 2 aromatic carbocycles. The maximum Gasteiger partial charge on any atom is 0.337 e. The Labute approximate surface area is 176 Å². The quantitative estimate of drug-likeness (QED) is 0.435. The van der Waals surface area contributed by atoms with Crippen molar-refractivity contribution in [3.05, 3.63) is 77.9 Å². The second kappa shape index (κ2) is 11.5. The van der Waals surface area contributed by atoms with Gasteiger partial charge in [0.05, 0.1) is 18.7 Å². The summed E-state index contributed by atoms with van der Waals surface area (Å²) in [6.07, 6.45) is 4.40. The van der Waals surface area contributed by atoms with Crippen molar-refractivity contribution >= 4 is 23.5 Å². The van der Waals surface area contributed by atoms with Gasteiger partial charge in [-0.25, -0.2) is 4.79 Å². The highest BCUT2D eigenvalue weighted by Crippen LogP contribution is 2.11. The van der Waals surface area contributed by atoms with Gasteiger partial charge in [0.25, 0.3) is 0 Å². The average Bonchev–Trinajstić information content (AvgIpc) is 2.76. The summed E-state index contributed by atoms with van der Waals surface area (Å²) in [5, 5.41) is 5.57. The molecule has 0 saturated carbocycles. The Morgan fingerprint density at radius 3 is 2.33 bits per heavy atom. The normalized spacial score (nSPS) is 12.8. The molecule has 0 bridgehead atoms. The Morgan fingerprint density at radius 2 is 1.73 bits per heavy atom. The molecule has 2 rings (SSSR count). The maximum atomic E-state index is 12.3. The lowest BCUT2D eigenvalue weighted by molar-refractivity contribution is -0.122. The topological polar surface area (TPSA) is 111 Å². The fourth-order valence-corrected chi connectivity index (χ4v) is 2.69. The molecule has 7 nitrogen and oxygen atoms in total. The van der Waals surface area contributed by atoms with Crippen molar-refractivity contribution in [2.24, 2.45) is 5.73 Å². The van der Waals surface area contributed by atoms with Gasteiger partial charge < -0.3 is 21.1 Å². The largest absolute Gasteiger partial charge is 0.465 e. The summed E-state index contributed by atoms with van der Waals surface area (Å²) >= 11 is 0. The number of aryl methyl sites for hydroxylation is 1. The van der Waals surface area contributed by atoms with Gasteiger partial charge in [-0.15, -0.1) is 0 Å². The van der Waals surface area contributed by atoms with Crippen LogP contribution in [0.5, 0.6) is 0 Å². The first-order chi connectivity index (χ1) is 14.4. The van der Waals surface area contributed by atoms with Crippen LogP contribution in [0, 0.1) is 0 Å². The third-order valence-corrected chi connectivity index (χ3v) is 4.38. The van der Waals surface area contributed by atoms with E-state index in [1.807, 2.05) is 30.3 Å². The van der Waals surface area contributed by atoms with Crippen molar-refractivity contribution in [1.82, 2.24) is 5.32 Å². The van der Waals surface area contributed by atoms with Gasteiger partial charge in [0.1, 0.15) is 0 Å². The van der Waals surface area contributed by atoms with Gasteiger partial charge in [-0.1, -0.05) is 36.4 Å². The number of carbonyl (C=O) groups is 3. The number of ether oxygens (including phenoxy) is 1. The third-order valence-electron chi connectivity index (χ3n) is 4.38. The molecular formula is C23H27N3O4. The Hall–Kier alpha value is -3.45. The molecule has 0 aromatic heterocycles. The minimum atomic E-state index is -0.639. The molecule has 0 unspecified atom stereocenters. The molecule has 158 valence electrons. The van der Waals surface area contributed by atoms with Gasteiger partial charge in [0.15, 0.2) is 0 Å². The number of rotatable bonds is 9. The standard InChI is InChI=1S/C23H27N3O4/c1-16(24)22(28)26-20(11-8-17-6-4-3-5-7-17)14-15-21(27)25-19-12-9-18(10-13-19)23(29)30-2/h3-7,9-10,12-16,20H,8,11,24H2,1-2H3,(H,25,27)(H,26,28)/t16-,20-/m0/s1. The molecule has 7 heteroatoms. The van der Waals surface area contributed by atoms with E-state index in [0.29, 0.717) is 17.7 Å². The van der Waals surface area contributed by atoms with Gasteiger partial charge in [-0.3, -0.25) is 9.59 Å². The van der Waals surface area contributed by atoms with Crippen LogP contribution >= 0.6 is 0 Å². The third kappa shape index (κ3) is 7.52. The zero-order valence-electron chi connectivity index (χ0n) is 17.1. The van der Waals surface area contributed by atoms with Gasteiger partial charge >= 0.3 is 5.97 Å². The van der Waals surface area contributed by atoms with Crippen LogP contribution in [0.3, 0.4) is 0 Å². The number of nitrogens with two attached hydrogens (primary N) is 1. The molecular weight excluding hydrogens is 382 g/mol. The lowest BCUT2D eigenvalue weighted by Gasteiger charge is -2.17. The van der Waals surface area contributed by atoms with Gasteiger partial charge in [-0.05, 0) is 49.6 Å². The molecule has 0 spiro atoms. The molecule has 0 fully saturated rings. The van der Waals surface area contributed by atoms with Gasteiger partial charge in [0, 0.05) is 17.8 Å². The number of nitrogens with one attached hydrogen (secondary N) is 2. The molecule has 2 atom stereocenters. The van der Waals surface area contributed by atoms with Crippen LogP contribution in [0.1, 0.15) is 29.3 Å². The molecule has 30 heavy (non-hydrogen) atoms. The number of benzene rings is 2. The first kappa shape index (κ1) is 22.8. The first-order valence-electron chi connectivity index (χ1n) is 9.66. The summed E-state index contributed by atoms with van der Waals surface area (Å²) in [6.45, 7) is 1.61. The van der Waals surface area contributed by atoms with Crippen molar-refractivity contribution in [3.63, 3.8) is 0 Å². The van der Waals surface area contributed by atoms with E-state index in [4.69, 9.17) is 5.73 Å². The van der Waals surface area contributed by atoms with Crippen LogP contribution in [-0.2, 0) is 20.7 Å². The number of carbonyl (C=O) groups excluding carboxylic acids is 3. The van der Waals surface area contributed by atoms with Crippen molar-refractivity contribution in [2.45, 2.75) is 31.8 Å². The SMILES string of the molecule is COC(=O)c1ccc(NC(=O)C=C[C@H](CCc2ccccc2)NC(=O)[C@H](C)N)cc1. The van der Waals surface area contributed by atoms with Crippen molar-refractivity contribution in [1.29, 1.82) is 0 Å². The molecule has 2 aromatic rings. The van der Waals surface area contributed by atoms with Crippen LogP contribution in [0.4, 0.5) is 5.69 Å². The van der Waals surface area contributed by atoms with Crippen molar-refractivity contribution in [3.8, 4) is 0 Å². The Morgan fingerprint density at radius 1 is 1.07 bits per heavy atom. The second-order valence-electron chi connectivity index (χ2n) is 6.85. The van der Waals surface area contributed by atoms with E-state index in [2.05, 4.69) is 15.4 Å². The summed E-state index contributed by atoms with van der Waals surface area (Å²) in [5.41, 5.74) is 7.72. The predicted molar refractivity (Wildman–Crippen MR) is 116 cm³/mol. The fourth-order valence-electron chi connectivity index (χ4n) is 2.69. The van der Waals surface area contributed by atoms with Crippen LogP contribution < -0.4 is 16.4 Å². The molecule has 0 radical (unpaired) electrons. The van der Waals surface area contributed by atoms with Crippen LogP contribution in [-0.4, -0.2) is 37.0 Å². The molecule has 0 heterocycles. The first-order valence-corrected chi connectivity index (χ1v) is 9.66. The molecule has 0 aliphatic carbocycles. The fraction of sp³-hybridized carbons (Fsp3) is 0.261. The highest BCUT2D eigenvalue weighted by atomic mass is 16.5. The Bertz CT molecular complexity index is 877. The zero-order chi connectivity index (χ0) is 21.9. The molecule has 4 N–H and O–H groups in total. The summed E-state index contributed by atoms with van der Waals surface area (Å²) < 4.78 is 4.64. The van der Waals surface area contributed by atoms with E-state index in [-0.39, 0.29) is 17.9 Å². The highest BCUT2D eigenvalue weighted by molar-refractivity contribution is 5.99. The van der Waals surface area contributed by atoms with Crippen LogP contribution in [0.2, 0.25) is 0 Å². The molecule has 0 aliphatic rings. The minimum absolute atomic E-state index is 0.281. The molecule has 0 saturated heterocycles.